The number of benzene rings is 1. The van der Waals surface area contributed by atoms with E-state index >= 15 is 0 Å². The summed E-state index contributed by atoms with van der Waals surface area (Å²) in [6, 6.07) is 11.9. The molecule has 2 rings (SSSR count). The Kier molecular flexibility index (Phi) is 4.47. The van der Waals surface area contributed by atoms with Crippen LogP contribution in [0.3, 0.4) is 0 Å². The third-order valence-corrected chi connectivity index (χ3v) is 4.18. The number of aromatic nitrogens is 1. The average Bonchev–Trinajstić information content (AvgIpc) is 2.43. The fourth-order valence-electron chi connectivity index (χ4n) is 1.73. The molecule has 19 heavy (non-hydrogen) atoms. The van der Waals surface area contributed by atoms with Gasteiger partial charge in [-0.3, -0.25) is 4.98 Å². The number of rotatable bonds is 6. The quantitative estimate of drug-likeness (QED) is 0.770. The molecule has 0 saturated carbocycles. The maximum atomic E-state index is 11.2. The predicted molar refractivity (Wildman–Crippen MR) is 76.3 cm³/mol. The summed E-state index contributed by atoms with van der Waals surface area (Å²) in [5.74, 6) is 0.0665. The van der Waals surface area contributed by atoms with E-state index in [1.165, 1.54) is 7.05 Å². The monoisotopic (exact) mass is 279 g/mol. The first-order chi connectivity index (χ1) is 9.11. The summed E-state index contributed by atoms with van der Waals surface area (Å²) in [5.41, 5.74) is 1.85. The molecule has 0 aliphatic carbocycles. The van der Waals surface area contributed by atoms with Gasteiger partial charge in [-0.15, -0.1) is 0 Å². The first kappa shape index (κ1) is 13.9. The lowest BCUT2D eigenvalue weighted by Gasteiger charge is -2.06. The lowest BCUT2D eigenvalue weighted by atomic mass is 10.2. The van der Waals surface area contributed by atoms with Crippen LogP contribution in [0.15, 0.2) is 36.4 Å². The Bertz CT molecular complexity index is 656. The van der Waals surface area contributed by atoms with Crippen molar-refractivity contribution in [3.05, 3.63) is 42.1 Å². The molecule has 0 aliphatic heterocycles. The van der Waals surface area contributed by atoms with Gasteiger partial charge in [0.2, 0.25) is 10.0 Å². The molecule has 5 nitrogen and oxygen atoms in total. The Morgan fingerprint density at radius 1 is 1.16 bits per heavy atom. The van der Waals surface area contributed by atoms with Crippen molar-refractivity contribution in [2.75, 3.05) is 19.3 Å². The summed E-state index contributed by atoms with van der Waals surface area (Å²) in [5, 5.41) is 4.18. The molecule has 1 aromatic heterocycles. The third kappa shape index (κ3) is 3.99. The van der Waals surface area contributed by atoms with Gasteiger partial charge in [0.25, 0.3) is 0 Å². The zero-order valence-electron chi connectivity index (χ0n) is 10.8. The van der Waals surface area contributed by atoms with Crippen LogP contribution in [0.25, 0.3) is 10.9 Å². The van der Waals surface area contributed by atoms with Crippen molar-refractivity contribution in [1.29, 1.82) is 0 Å². The van der Waals surface area contributed by atoms with E-state index < -0.39 is 10.0 Å². The van der Waals surface area contributed by atoms with Crippen LogP contribution in [-0.2, 0) is 16.6 Å². The van der Waals surface area contributed by atoms with Crippen LogP contribution in [0.1, 0.15) is 5.69 Å². The average molecular weight is 279 g/mol. The highest BCUT2D eigenvalue weighted by molar-refractivity contribution is 7.89. The molecular formula is C13H17N3O2S. The second kappa shape index (κ2) is 6.10. The molecule has 0 bridgehead atoms. The van der Waals surface area contributed by atoms with E-state index in [0.29, 0.717) is 13.1 Å². The van der Waals surface area contributed by atoms with Crippen molar-refractivity contribution >= 4 is 20.9 Å². The molecule has 0 radical (unpaired) electrons. The highest BCUT2D eigenvalue weighted by Gasteiger charge is 2.05. The van der Waals surface area contributed by atoms with Gasteiger partial charge in [0.15, 0.2) is 0 Å². The van der Waals surface area contributed by atoms with E-state index in [4.69, 9.17) is 0 Å². The summed E-state index contributed by atoms with van der Waals surface area (Å²) >= 11 is 0. The van der Waals surface area contributed by atoms with Crippen LogP contribution >= 0.6 is 0 Å². The van der Waals surface area contributed by atoms with Crippen molar-refractivity contribution in [3.8, 4) is 0 Å². The molecule has 0 unspecified atom stereocenters. The highest BCUT2D eigenvalue weighted by atomic mass is 32.2. The number of nitrogens with one attached hydrogen (secondary N) is 2. The van der Waals surface area contributed by atoms with E-state index in [9.17, 15) is 8.42 Å². The van der Waals surface area contributed by atoms with Crippen LogP contribution in [0, 0.1) is 0 Å². The van der Waals surface area contributed by atoms with Gasteiger partial charge in [-0.1, -0.05) is 24.3 Å². The standard InChI is InChI=1S/C13H17N3O2S/c1-14-19(17,18)9-8-15-10-12-7-6-11-4-2-3-5-13(11)16-12/h2-7,14-15H,8-10H2,1H3. The molecule has 0 fully saturated rings. The number of fused-ring (bicyclic) bond motifs is 1. The summed E-state index contributed by atoms with van der Waals surface area (Å²) in [6.45, 7) is 0.960. The molecule has 1 aromatic carbocycles. The number of para-hydroxylation sites is 1. The van der Waals surface area contributed by atoms with E-state index in [-0.39, 0.29) is 5.75 Å². The highest BCUT2D eigenvalue weighted by Crippen LogP contribution is 2.11. The van der Waals surface area contributed by atoms with E-state index in [0.717, 1.165) is 16.6 Å². The van der Waals surface area contributed by atoms with E-state index in [1.54, 1.807) is 0 Å². The molecule has 1 heterocycles. The summed E-state index contributed by atoms with van der Waals surface area (Å²) in [7, 11) is -1.72. The van der Waals surface area contributed by atoms with E-state index in [2.05, 4.69) is 15.0 Å². The fourth-order valence-corrected chi connectivity index (χ4v) is 2.35. The van der Waals surface area contributed by atoms with Crippen LogP contribution in [0.5, 0.6) is 0 Å². The number of nitrogens with zero attached hydrogens (tertiary/aromatic N) is 1. The Hall–Kier alpha value is -1.50. The lowest BCUT2D eigenvalue weighted by Crippen LogP contribution is -2.29. The Morgan fingerprint density at radius 3 is 2.74 bits per heavy atom. The maximum absolute atomic E-state index is 11.2. The van der Waals surface area contributed by atoms with Gasteiger partial charge in [-0.2, -0.15) is 0 Å². The van der Waals surface area contributed by atoms with E-state index in [1.807, 2.05) is 36.4 Å². The minimum atomic E-state index is -3.14. The molecule has 2 aromatic rings. The van der Waals surface area contributed by atoms with Gasteiger partial charge < -0.3 is 5.32 Å². The van der Waals surface area contributed by atoms with Crippen LogP contribution in [0.4, 0.5) is 0 Å². The van der Waals surface area contributed by atoms with Gasteiger partial charge in [0, 0.05) is 18.5 Å². The minimum absolute atomic E-state index is 0.0665. The largest absolute Gasteiger partial charge is 0.310 e. The zero-order valence-corrected chi connectivity index (χ0v) is 11.6. The molecule has 0 aliphatic rings. The second-order valence-electron chi connectivity index (χ2n) is 4.20. The fraction of sp³-hybridized carbons (Fsp3) is 0.308. The first-order valence-corrected chi connectivity index (χ1v) is 7.72. The molecular weight excluding hydrogens is 262 g/mol. The Labute approximate surface area is 113 Å². The molecule has 0 spiro atoms. The molecule has 2 N–H and O–H groups in total. The van der Waals surface area contributed by atoms with Crippen molar-refractivity contribution in [1.82, 2.24) is 15.0 Å². The molecule has 102 valence electrons. The number of sulfonamides is 1. The Balaban J connectivity index is 1.91. The van der Waals surface area contributed by atoms with Gasteiger partial charge in [-0.25, -0.2) is 13.1 Å². The molecule has 0 atom stereocenters. The van der Waals surface area contributed by atoms with Crippen LogP contribution in [0.2, 0.25) is 0 Å². The topological polar surface area (TPSA) is 71.1 Å². The van der Waals surface area contributed by atoms with Gasteiger partial charge in [0.1, 0.15) is 0 Å². The molecule has 6 heteroatoms. The number of pyridine rings is 1. The maximum Gasteiger partial charge on any atom is 0.212 e. The number of hydrogen-bond acceptors (Lipinski definition) is 4. The van der Waals surface area contributed by atoms with Gasteiger partial charge >= 0.3 is 0 Å². The molecule has 0 amide bonds. The van der Waals surface area contributed by atoms with Crippen LogP contribution in [-0.4, -0.2) is 32.7 Å². The van der Waals surface area contributed by atoms with Crippen molar-refractivity contribution in [2.24, 2.45) is 0 Å². The Morgan fingerprint density at radius 2 is 1.95 bits per heavy atom. The minimum Gasteiger partial charge on any atom is -0.310 e. The SMILES string of the molecule is CNS(=O)(=O)CCNCc1ccc2ccccc2n1. The smallest absolute Gasteiger partial charge is 0.212 e. The zero-order chi connectivity index (χ0) is 13.7. The van der Waals surface area contributed by atoms with Crippen molar-refractivity contribution in [2.45, 2.75) is 6.54 Å². The van der Waals surface area contributed by atoms with Gasteiger partial charge in [0.05, 0.1) is 17.0 Å². The van der Waals surface area contributed by atoms with Crippen molar-refractivity contribution < 1.29 is 8.42 Å². The second-order valence-corrected chi connectivity index (χ2v) is 6.24. The first-order valence-electron chi connectivity index (χ1n) is 6.07. The molecule has 0 saturated heterocycles. The van der Waals surface area contributed by atoms with Crippen molar-refractivity contribution in [3.63, 3.8) is 0 Å². The summed E-state index contributed by atoms with van der Waals surface area (Å²) in [6.07, 6.45) is 0. The summed E-state index contributed by atoms with van der Waals surface area (Å²) < 4.78 is 24.7. The van der Waals surface area contributed by atoms with Gasteiger partial charge in [-0.05, 0) is 19.2 Å². The predicted octanol–water partition coefficient (Wildman–Crippen LogP) is 0.874. The van der Waals surface area contributed by atoms with Crippen LogP contribution < -0.4 is 10.0 Å². The number of hydrogen-bond donors (Lipinski definition) is 2. The third-order valence-electron chi connectivity index (χ3n) is 2.82. The normalized spacial score (nSPS) is 11.8. The summed E-state index contributed by atoms with van der Waals surface area (Å²) in [4.78, 5) is 4.50. The lowest BCUT2D eigenvalue weighted by molar-refractivity contribution is 0.582.